The van der Waals surface area contributed by atoms with Crippen molar-refractivity contribution in [1.29, 1.82) is 0 Å². The van der Waals surface area contributed by atoms with Crippen molar-refractivity contribution in [1.82, 2.24) is 4.90 Å². The topological polar surface area (TPSA) is 72.6 Å². The van der Waals surface area contributed by atoms with Crippen molar-refractivity contribution in [3.05, 3.63) is 29.8 Å². The molecular formula is C13H18N2O3. The molecule has 0 heterocycles. The summed E-state index contributed by atoms with van der Waals surface area (Å²) in [5.41, 5.74) is 7.04. The quantitative estimate of drug-likeness (QED) is 0.620. The van der Waals surface area contributed by atoms with Crippen molar-refractivity contribution in [3.63, 3.8) is 0 Å². The number of nitrogen functional groups attached to an aromatic ring is 1. The van der Waals surface area contributed by atoms with Gasteiger partial charge in [0, 0.05) is 19.8 Å². The van der Waals surface area contributed by atoms with E-state index in [1.165, 1.54) is 4.90 Å². The second-order valence-corrected chi connectivity index (χ2v) is 4.18. The van der Waals surface area contributed by atoms with Crippen molar-refractivity contribution >= 4 is 17.6 Å². The van der Waals surface area contributed by atoms with Gasteiger partial charge in [0.05, 0.1) is 12.8 Å². The minimum absolute atomic E-state index is 0.0599. The molecular weight excluding hydrogens is 232 g/mol. The lowest BCUT2D eigenvalue weighted by Gasteiger charge is -2.10. The fraction of sp³-hybridized carbons (Fsp3) is 0.385. The van der Waals surface area contributed by atoms with Crippen LogP contribution in [0.1, 0.15) is 12.0 Å². The molecule has 0 bridgehead atoms. The van der Waals surface area contributed by atoms with Crippen LogP contribution in [-0.4, -0.2) is 37.5 Å². The zero-order chi connectivity index (χ0) is 13.5. The molecule has 2 N–H and O–H groups in total. The molecule has 0 aliphatic rings. The number of nitrogens with two attached hydrogens (primary N) is 1. The Kier molecular flexibility index (Phi) is 5.17. The average Bonchev–Trinajstić information content (AvgIpc) is 2.32. The van der Waals surface area contributed by atoms with Gasteiger partial charge >= 0.3 is 5.97 Å². The van der Waals surface area contributed by atoms with Gasteiger partial charge in [0.1, 0.15) is 6.61 Å². The van der Waals surface area contributed by atoms with Crippen LogP contribution in [0.3, 0.4) is 0 Å². The molecule has 1 aromatic rings. The maximum Gasteiger partial charge on any atom is 0.310 e. The normalized spacial score (nSPS) is 9.89. The summed E-state index contributed by atoms with van der Waals surface area (Å²) in [6.45, 7) is 0.116. The Labute approximate surface area is 107 Å². The first kappa shape index (κ1) is 14.0. The summed E-state index contributed by atoms with van der Waals surface area (Å²) in [5.74, 6) is -0.401. The summed E-state index contributed by atoms with van der Waals surface area (Å²) in [4.78, 5) is 24.2. The monoisotopic (exact) mass is 250 g/mol. The first-order valence-corrected chi connectivity index (χ1v) is 5.69. The van der Waals surface area contributed by atoms with E-state index in [2.05, 4.69) is 0 Å². The number of rotatable bonds is 5. The Bertz CT molecular complexity index is 413. The fourth-order valence-electron chi connectivity index (χ4n) is 1.33. The highest BCUT2D eigenvalue weighted by atomic mass is 16.5. The first-order valence-electron chi connectivity index (χ1n) is 5.69. The van der Waals surface area contributed by atoms with E-state index in [0.717, 1.165) is 5.56 Å². The van der Waals surface area contributed by atoms with E-state index in [1.54, 1.807) is 38.4 Å². The fourth-order valence-corrected chi connectivity index (χ4v) is 1.33. The van der Waals surface area contributed by atoms with Crippen molar-refractivity contribution in [2.45, 2.75) is 12.8 Å². The van der Waals surface area contributed by atoms with Crippen LogP contribution in [0.5, 0.6) is 0 Å². The Morgan fingerprint density at radius 1 is 1.22 bits per heavy atom. The highest BCUT2D eigenvalue weighted by Gasteiger charge is 2.08. The standard InChI is InChI=1S/C13H18N2O3/c1-15(2)12(16)7-8-18-13(17)9-10-3-5-11(14)6-4-10/h3-6H,7-9,14H2,1-2H3. The van der Waals surface area contributed by atoms with Gasteiger partial charge in [-0.3, -0.25) is 9.59 Å². The van der Waals surface area contributed by atoms with Crippen LogP contribution in [0.15, 0.2) is 24.3 Å². The molecule has 1 rings (SSSR count). The number of carbonyl (C=O) groups excluding carboxylic acids is 2. The lowest BCUT2D eigenvalue weighted by Crippen LogP contribution is -2.23. The molecule has 0 saturated heterocycles. The molecule has 0 aromatic heterocycles. The lowest BCUT2D eigenvalue weighted by molar-refractivity contribution is -0.144. The van der Waals surface area contributed by atoms with Gasteiger partial charge in [-0.2, -0.15) is 0 Å². The SMILES string of the molecule is CN(C)C(=O)CCOC(=O)Cc1ccc(N)cc1. The van der Waals surface area contributed by atoms with E-state index < -0.39 is 0 Å². The minimum Gasteiger partial charge on any atom is -0.465 e. The molecule has 0 fully saturated rings. The number of anilines is 1. The number of hydrogen-bond donors (Lipinski definition) is 1. The van der Waals surface area contributed by atoms with E-state index in [-0.39, 0.29) is 31.3 Å². The molecule has 0 spiro atoms. The van der Waals surface area contributed by atoms with Gasteiger partial charge in [0.15, 0.2) is 0 Å². The zero-order valence-corrected chi connectivity index (χ0v) is 10.7. The Morgan fingerprint density at radius 2 is 1.83 bits per heavy atom. The molecule has 0 aliphatic heterocycles. The molecule has 0 aliphatic carbocycles. The highest BCUT2D eigenvalue weighted by molar-refractivity contribution is 5.76. The predicted molar refractivity (Wildman–Crippen MR) is 68.8 cm³/mol. The number of ether oxygens (including phenoxy) is 1. The maximum absolute atomic E-state index is 11.5. The van der Waals surface area contributed by atoms with Gasteiger partial charge in [0.2, 0.25) is 5.91 Å². The van der Waals surface area contributed by atoms with E-state index in [0.29, 0.717) is 5.69 Å². The van der Waals surface area contributed by atoms with Crippen LogP contribution in [0.2, 0.25) is 0 Å². The van der Waals surface area contributed by atoms with Crippen LogP contribution >= 0.6 is 0 Å². The number of amides is 1. The second kappa shape index (κ2) is 6.64. The van der Waals surface area contributed by atoms with Crippen LogP contribution in [0.25, 0.3) is 0 Å². The molecule has 5 nitrogen and oxygen atoms in total. The molecule has 5 heteroatoms. The van der Waals surface area contributed by atoms with Gasteiger partial charge in [0.25, 0.3) is 0 Å². The van der Waals surface area contributed by atoms with Gasteiger partial charge < -0.3 is 15.4 Å². The van der Waals surface area contributed by atoms with Gasteiger partial charge in [-0.25, -0.2) is 0 Å². The maximum atomic E-state index is 11.5. The summed E-state index contributed by atoms with van der Waals surface area (Å²) < 4.78 is 4.98. The minimum atomic E-state index is -0.341. The van der Waals surface area contributed by atoms with Crippen molar-refractivity contribution in [2.24, 2.45) is 0 Å². The number of esters is 1. The Morgan fingerprint density at radius 3 is 2.39 bits per heavy atom. The van der Waals surface area contributed by atoms with Crippen molar-refractivity contribution in [2.75, 3.05) is 26.4 Å². The summed E-state index contributed by atoms with van der Waals surface area (Å²) in [6.07, 6.45) is 0.400. The van der Waals surface area contributed by atoms with Crippen molar-refractivity contribution in [3.8, 4) is 0 Å². The summed E-state index contributed by atoms with van der Waals surface area (Å²) in [7, 11) is 3.33. The molecule has 0 radical (unpaired) electrons. The summed E-state index contributed by atoms with van der Waals surface area (Å²) in [5, 5.41) is 0. The molecule has 0 saturated carbocycles. The molecule has 1 aromatic carbocycles. The third-order valence-electron chi connectivity index (χ3n) is 2.41. The van der Waals surface area contributed by atoms with E-state index in [4.69, 9.17) is 10.5 Å². The molecule has 0 atom stereocenters. The van der Waals surface area contributed by atoms with Crippen LogP contribution < -0.4 is 5.73 Å². The van der Waals surface area contributed by atoms with E-state index >= 15 is 0 Å². The molecule has 1 amide bonds. The first-order chi connectivity index (χ1) is 8.49. The number of carbonyl (C=O) groups is 2. The van der Waals surface area contributed by atoms with E-state index in [9.17, 15) is 9.59 Å². The van der Waals surface area contributed by atoms with Gasteiger partial charge in [-0.05, 0) is 17.7 Å². The van der Waals surface area contributed by atoms with E-state index in [1.807, 2.05) is 0 Å². The Hall–Kier alpha value is -2.04. The highest BCUT2D eigenvalue weighted by Crippen LogP contribution is 2.06. The third kappa shape index (κ3) is 4.86. The molecule has 18 heavy (non-hydrogen) atoms. The summed E-state index contributed by atoms with van der Waals surface area (Å²) in [6, 6.07) is 7.03. The largest absolute Gasteiger partial charge is 0.465 e. The summed E-state index contributed by atoms with van der Waals surface area (Å²) >= 11 is 0. The zero-order valence-electron chi connectivity index (χ0n) is 10.7. The molecule has 0 unspecified atom stereocenters. The van der Waals surface area contributed by atoms with Crippen LogP contribution in [0.4, 0.5) is 5.69 Å². The second-order valence-electron chi connectivity index (χ2n) is 4.18. The van der Waals surface area contributed by atoms with Gasteiger partial charge in [-0.1, -0.05) is 12.1 Å². The number of benzene rings is 1. The average molecular weight is 250 g/mol. The number of hydrogen-bond acceptors (Lipinski definition) is 4. The smallest absolute Gasteiger partial charge is 0.310 e. The third-order valence-corrected chi connectivity index (χ3v) is 2.41. The van der Waals surface area contributed by atoms with Crippen LogP contribution in [0, 0.1) is 0 Å². The van der Waals surface area contributed by atoms with Gasteiger partial charge in [-0.15, -0.1) is 0 Å². The number of nitrogens with zero attached hydrogens (tertiary/aromatic N) is 1. The molecule has 98 valence electrons. The Balaban J connectivity index is 2.30. The van der Waals surface area contributed by atoms with Crippen LogP contribution in [-0.2, 0) is 20.7 Å². The van der Waals surface area contributed by atoms with Crippen molar-refractivity contribution < 1.29 is 14.3 Å². The lowest BCUT2D eigenvalue weighted by atomic mass is 10.1. The predicted octanol–water partition coefficient (Wildman–Crippen LogP) is 0.833.